The second kappa shape index (κ2) is 16.3. The van der Waals surface area contributed by atoms with Gasteiger partial charge in [0.2, 0.25) is 5.75 Å². The molecule has 0 saturated heterocycles. The molecule has 0 heterocycles. The van der Waals surface area contributed by atoms with E-state index in [2.05, 4.69) is 15.9 Å². The fourth-order valence-electron chi connectivity index (χ4n) is 3.50. The quantitative estimate of drug-likeness (QED) is 0.183. The lowest BCUT2D eigenvalue weighted by Crippen LogP contribution is -2.21. The van der Waals surface area contributed by atoms with Gasteiger partial charge >= 0.3 is 11.9 Å². The van der Waals surface area contributed by atoms with Crippen molar-refractivity contribution in [3.63, 3.8) is 0 Å². The highest BCUT2D eigenvalue weighted by Crippen LogP contribution is 2.38. The number of carbonyl (C=O) groups excluding carboxylic acids is 2. The van der Waals surface area contributed by atoms with Crippen LogP contribution in [0.5, 0.6) is 23.0 Å². The number of benzene rings is 2. The third-order valence-electron chi connectivity index (χ3n) is 5.51. The van der Waals surface area contributed by atoms with Gasteiger partial charge in [0, 0.05) is 13.0 Å². The number of ether oxygens (including phenoxy) is 6. The summed E-state index contributed by atoms with van der Waals surface area (Å²) in [5, 5.41) is 9.79. The van der Waals surface area contributed by atoms with Gasteiger partial charge in [-0.05, 0) is 59.5 Å². The number of hydrogen-bond donors (Lipinski definition) is 1. The van der Waals surface area contributed by atoms with Crippen LogP contribution >= 0.6 is 27.5 Å². The Morgan fingerprint density at radius 3 is 2.11 bits per heavy atom. The van der Waals surface area contributed by atoms with Gasteiger partial charge in [-0.15, -0.1) is 0 Å². The number of unbranched alkanes of at least 4 members (excludes halogenated alkanes) is 1. The Bertz CT molecular complexity index is 1050. The van der Waals surface area contributed by atoms with E-state index in [0.717, 1.165) is 12.8 Å². The van der Waals surface area contributed by atoms with Crippen molar-refractivity contribution in [2.24, 2.45) is 0 Å². The molecule has 0 bridgehead atoms. The standard InChI is InChI=1S/C27H34BrClO9/c1-5-6-11-37-26(31)17-13-20(29)24(28)21(14-17)36-12-7-8-19(9-10-30)38-27(32)18-15-22(33-2)25(35-4)23(16-18)34-3/h13-16,19,30H,5-12H2,1-4H3. The monoisotopic (exact) mass is 616 g/mol. The maximum atomic E-state index is 12.8. The minimum atomic E-state index is -0.590. The lowest BCUT2D eigenvalue weighted by molar-refractivity contribution is 0.0205. The number of esters is 2. The Morgan fingerprint density at radius 1 is 0.895 bits per heavy atom. The Labute approximate surface area is 236 Å². The van der Waals surface area contributed by atoms with Crippen molar-refractivity contribution in [1.82, 2.24) is 0 Å². The van der Waals surface area contributed by atoms with E-state index < -0.39 is 18.0 Å². The van der Waals surface area contributed by atoms with Crippen LogP contribution in [0, 0.1) is 0 Å². The summed E-state index contributed by atoms with van der Waals surface area (Å²) in [6.07, 6.45) is 2.33. The Balaban J connectivity index is 2.01. The van der Waals surface area contributed by atoms with E-state index in [9.17, 15) is 14.7 Å². The average molecular weight is 618 g/mol. The summed E-state index contributed by atoms with van der Waals surface area (Å²) in [5.41, 5.74) is 0.515. The van der Waals surface area contributed by atoms with Gasteiger partial charge < -0.3 is 33.5 Å². The molecule has 0 aliphatic rings. The minimum Gasteiger partial charge on any atom is -0.493 e. The molecule has 0 radical (unpaired) electrons. The smallest absolute Gasteiger partial charge is 0.338 e. The van der Waals surface area contributed by atoms with Gasteiger partial charge in [-0.2, -0.15) is 0 Å². The zero-order valence-electron chi connectivity index (χ0n) is 22.0. The highest BCUT2D eigenvalue weighted by Gasteiger charge is 2.21. The molecule has 0 aromatic heterocycles. The van der Waals surface area contributed by atoms with E-state index in [0.29, 0.717) is 57.5 Å². The molecule has 38 heavy (non-hydrogen) atoms. The van der Waals surface area contributed by atoms with Gasteiger partial charge in [0.15, 0.2) is 11.5 Å². The lowest BCUT2D eigenvalue weighted by atomic mass is 10.1. The number of aliphatic hydroxyl groups excluding tert-OH is 1. The largest absolute Gasteiger partial charge is 0.493 e. The van der Waals surface area contributed by atoms with Gasteiger partial charge in [0.25, 0.3) is 0 Å². The van der Waals surface area contributed by atoms with Crippen LogP contribution in [0.2, 0.25) is 5.02 Å². The fourth-order valence-corrected chi connectivity index (χ4v) is 4.05. The summed E-state index contributed by atoms with van der Waals surface area (Å²) in [6.45, 7) is 2.44. The number of aliphatic hydroxyl groups is 1. The Kier molecular flexibility index (Phi) is 13.5. The van der Waals surface area contributed by atoms with E-state index in [-0.39, 0.29) is 25.2 Å². The Morgan fingerprint density at radius 2 is 1.53 bits per heavy atom. The third-order valence-corrected chi connectivity index (χ3v) is 6.86. The van der Waals surface area contributed by atoms with Crippen LogP contribution in [0.1, 0.15) is 59.7 Å². The van der Waals surface area contributed by atoms with Crippen molar-refractivity contribution >= 4 is 39.5 Å². The SMILES string of the molecule is CCCCOC(=O)c1cc(Cl)c(Br)c(OCCCC(CCO)OC(=O)c2cc(OC)c(OC)c(OC)c2)c1. The van der Waals surface area contributed by atoms with Crippen LogP contribution in [0.4, 0.5) is 0 Å². The first-order chi connectivity index (χ1) is 18.3. The Hall–Kier alpha value is -2.69. The second-order valence-electron chi connectivity index (χ2n) is 8.20. The first-order valence-corrected chi connectivity index (χ1v) is 13.4. The molecular formula is C27H34BrClO9. The van der Waals surface area contributed by atoms with Crippen molar-refractivity contribution < 1.29 is 43.1 Å². The van der Waals surface area contributed by atoms with Gasteiger partial charge in [-0.1, -0.05) is 24.9 Å². The molecule has 0 fully saturated rings. The van der Waals surface area contributed by atoms with Crippen LogP contribution in [0.25, 0.3) is 0 Å². The maximum absolute atomic E-state index is 12.8. The molecule has 0 spiro atoms. The van der Waals surface area contributed by atoms with E-state index in [4.69, 9.17) is 40.0 Å². The van der Waals surface area contributed by atoms with Gasteiger partial charge in [-0.25, -0.2) is 9.59 Å². The molecule has 11 heteroatoms. The summed E-state index contributed by atoms with van der Waals surface area (Å²) in [5.74, 6) is 0.346. The average Bonchev–Trinajstić information content (AvgIpc) is 2.92. The molecule has 0 saturated carbocycles. The van der Waals surface area contributed by atoms with E-state index in [1.807, 2.05) is 6.92 Å². The number of hydrogen-bond acceptors (Lipinski definition) is 9. The summed E-state index contributed by atoms with van der Waals surface area (Å²) in [6, 6.07) is 6.10. The van der Waals surface area contributed by atoms with Crippen molar-refractivity contribution in [3.8, 4) is 23.0 Å². The summed E-state index contributed by atoms with van der Waals surface area (Å²) >= 11 is 9.65. The number of halogens is 2. The molecule has 1 atom stereocenters. The van der Waals surface area contributed by atoms with Crippen LogP contribution in [0.15, 0.2) is 28.7 Å². The molecular weight excluding hydrogens is 584 g/mol. The third kappa shape index (κ3) is 8.96. The van der Waals surface area contributed by atoms with Crippen molar-refractivity contribution in [3.05, 3.63) is 44.9 Å². The second-order valence-corrected chi connectivity index (χ2v) is 9.40. The van der Waals surface area contributed by atoms with Crippen LogP contribution < -0.4 is 18.9 Å². The topological polar surface area (TPSA) is 110 Å². The summed E-state index contributed by atoms with van der Waals surface area (Å²) < 4.78 is 33.1. The summed E-state index contributed by atoms with van der Waals surface area (Å²) in [4.78, 5) is 25.2. The normalized spacial score (nSPS) is 11.4. The summed E-state index contributed by atoms with van der Waals surface area (Å²) in [7, 11) is 4.38. The molecule has 1 unspecified atom stereocenters. The van der Waals surface area contributed by atoms with Crippen molar-refractivity contribution in [2.45, 2.75) is 45.1 Å². The van der Waals surface area contributed by atoms with E-state index >= 15 is 0 Å². The zero-order chi connectivity index (χ0) is 28.1. The van der Waals surface area contributed by atoms with Gasteiger partial charge in [0.1, 0.15) is 11.9 Å². The molecule has 0 amide bonds. The fraction of sp³-hybridized carbons (Fsp3) is 0.481. The highest BCUT2D eigenvalue weighted by molar-refractivity contribution is 9.10. The predicted molar refractivity (Wildman–Crippen MR) is 146 cm³/mol. The predicted octanol–water partition coefficient (Wildman–Crippen LogP) is 5.85. The van der Waals surface area contributed by atoms with E-state index in [1.54, 1.807) is 6.07 Å². The van der Waals surface area contributed by atoms with Crippen LogP contribution in [-0.2, 0) is 9.47 Å². The lowest BCUT2D eigenvalue weighted by Gasteiger charge is -2.19. The number of rotatable bonds is 16. The maximum Gasteiger partial charge on any atom is 0.338 e. The number of methoxy groups -OCH3 is 3. The molecule has 210 valence electrons. The van der Waals surface area contributed by atoms with Gasteiger partial charge in [-0.3, -0.25) is 0 Å². The molecule has 1 N–H and O–H groups in total. The molecule has 0 aliphatic carbocycles. The zero-order valence-corrected chi connectivity index (χ0v) is 24.4. The molecule has 0 aliphatic heterocycles. The van der Waals surface area contributed by atoms with Gasteiger partial charge in [0.05, 0.1) is 55.2 Å². The molecule has 2 aromatic rings. The molecule has 9 nitrogen and oxygen atoms in total. The van der Waals surface area contributed by atoms with Crippen LogP contribution in [-0.4, -0.2) is 64.3 Å². The van der Waals surface area contributed by atoms with E-state index in [1.165, 1.54) is 39.5 Å². The highest BCUT2D eigenvalue weighted by atomic mass is 79.9. The van der Waals surface area contributed by atoms with Crippen molar-refractivity contribution in [2.75, 3.05) is 41.2 Å². The number of carbonyl (C=O) groups is 2. The molecule has 2 rings (SSSR count). The molecule has 2 aromatic carbocycles. The van der Waals surface area contributed by atoms with Crippen LogP contribution in [0.3, 0.4) is 0 Å². The first-order valence-electron chi connectivity index (χ1n) is 12.2. The van der Waals surface area contributed by atoms with Crippen molar-refractivity contribution in [1.29, 1.82) is 0 Å². The first kappa shape index (κ1) is 31.5. The minimum absolute atomic E-state index is 0.155.